The molecule has 3 atom stereocenters. The normalized spacial score (nSPS) is 22.3. The van der Waals surface area contributed by atoms with Crippen molar-refractivity contribution in [2.24, 2.45) is 11.8 Å². The van der Waals surface area contributed by atoms with Crippen LogP contribution >= 0.6 is 0 Å². The number of nitrogens with one attached hydrogen (secondary N) is 3. The second kappa shape index (κ2) is 11.3. The van der Waals surface area contributed by atoms with Crippen LogP contribution < -0.4 is 15.4 Å². The van der Waals surface area contributed by atoms with Gasteiger partial charge >= 0.3 is 0 Å². The van der Waals surface area contributed by atoms with Crippen molar-refractivity contribution >= 4 is 16.8 Å². The molecule has 0 spiro atoms. The van der Waals surface area contributed by atoms with E-state index in [1.54, 1.807) is 7.11 Å². The smallest absolute Gasteiger partial charge is 0.220 e. The Balaban J connectivity index is 1.04. The van der Waals surface area contributed by atoms with Crippen molar-refractivity contribution in [3.63, 3.8) is 0 Å². The molecule has 0 saturated carbocycles. The first kappa shape index (κ1) is 23.9. The van der Waals surface area contributed by atoms with Gasteiger partial charge in [0.1, 0.15) is 5.75 Å². The van der Waals surface area contributed by atoms with E-state index in [1.807, 2.05) is 18.3 Å². The maximum Gasteiger partial charge on any atom is 0.220 e. The number of carbonyl (C=O) groups excluding carboxylic acids is 1. The summed E-state index contributed by atoms with van der Waals surface area (Å²) < 4.78 is 5.35. The zero-order valence-electron chi connectivity index (χ0n) is 20.8. The van der Waals surface area contributed by atoms with Crippen molar-refractivity contribution in [2.75, 3.05) is 33.3 Å². The number of ether oxygens (including phenoxy) is 1. The van der Waals surface area contributed by atoms with E-state index in [2.05, 4.69) is 56.9 Å². The van der Waals surface area contributed by atoms with Gasteiger partial charge in [-0.1, -0.05) is 30.3 Å². The quantitative estimate of drug-likeness (QED) is 0.414. The molecule has 0 aliphatic carbocycles. The third kappa shape index (κ3) is 6.06. The number of benzene rings is 2. The van der Waals surface area contributed by atoms with Crippen LogP contribution in [0, 0.1) is 11.8 Å². The first-order chi connectivity index (χ1) is 17.2. The Kier molecular flexibility index (Phi) is 7.69. The van der Waals surface area contributed by atoms with E-state index in [9.17, 15) is 4.79 Å². The summed E-state index contributed by atoms with van der Waals surface area (Å²) in [5.74, 6) is 2.45. The van der Waals surface area contributed by atoms with Crippen LogP contribution in [0.15, 0.2) is 54.7 Å². The Labute approximate surface area is 208 Å². The third-order valence-electron chi connectivity index (χ3n) is 7.74. The molecule has 2 fully saturated rings. The summed E-state index contributed by atoms with van der Waals surface area (Å²) >= 11 is 0. The zero-order chi connectivity index (χ0) is 24.0. The van der Waals surface area contributed by atoms with Crippen molar-refractivity contribution in [1.82, 2.24) is 20.5 Å². The minimum Gasteiger partial charge on any atom is -0.497 e. The topological polar surface area (TPSA) is 69.4 Å². The fourth-order valence-electron chi connectivity index (χ4n) is 5.98. The van der Waals surface area contributed by atoms with Gasteiger partial charge in [-0.25, -0.2) is 0 Å². The van der Waals surface area contributed by atoms with Gasteiger partial charge in [0.2, 0.25) is 5.91 Å². The standard InChI is InChI=1S/C29H38N4O2/c1-35-25-10-11-28-26(15-25)23(17-32-28)12-13-30-29(34)9-5-8-27-24-14-22(16-31-27)19-33(20-24)18-21-6-3-2-4-7-21/h2-4,6-7,10-11,15,17,22,24,27,31-32H,5,8-9,12-14,16,18-20H2,1H3,(H,30,34)/t22?,24?,27-/m1/s1. The van der Waals surface area contributed by atoms with Gasteiger partial charge in [0, 0.05) is 55.7 Å². The van der Waals surface area contributed by atoms with Crippen LogP contribution in [0.1, 0.15) is 36.8 Å². The maximum absolute atomic E-state index is 12.5. The second-order valence-corrected chi connectivity index (χ2v) is 10.3. The van der Waals surface area contributed by atoms with Crippen molar-refractivity contribution in [1.29, 1.82) is 0 Å². The summed E-state index contributed by atoms with van der Waals surface area (Å²) in [7, 11) is 1.68. The lowest BCUT2D eigenvalue weighted by Gasteiger charge is -2.46. The number of aromatic nitrogens is 1. The van der Waals surface area contributed by atoms with E-state index < -0.39 is 0 Å². The fraction of sp³-hybridized carbons (Fsp3) is 0.483. The number of rotatable bonds is 10. The summed E-state index contributed by atoms with van der Waals surface area (Å²) in [5.41, 5.74) is 3.71. The number of fused-ring (bicyclic) bond motifs is 3. The van der Waals surface area contributed by atoms with Crippen molar-refractivity contribution in [2.45, 2.75) is 44.7 Å². The fourth-order valence-corrected chi connectivity index (χ4v) is 5.98. The molecule has 6 heteroatoms. The molecule has 1 amide bonds. The van der Waals surface area contributed by atoms with Gasteiger partial charge < -0.3 is 20.4 Å². The largest absolute Gasteiger partial charge is 0.497 e. The summed E-state index contributed by atoms with van der Waals surface area (Å²) in [6.45, 7) is 5.16. The van der Waals surface area contributed by atoms with Gasteiger partial charge in [-0.2, -0.15) is 0 Å². The molecule has 2 saturated heterocycles. The van der Waals surface area contributed by atoms with Crippen LogP contribution in [-0.4, -0.2) is 55.1 Å². The Morgan fingerprint density at radius 1 is 1.17 bits per heavy atom. The molecule has 2 aromatic carbocycles. The van der Waals surface area contributed by atoms with Crippen LogP contribution in [0.2, 0.25) is 0 Å². The summed E-state index contributed by atoms with van der Waals surface area (Å²) in [4.78, 5) is 18.4. The Morgan fingerprint density at radius 2 is 2.06 bits per heavy atom. The highest BCUT2D eigenvalue weighted by Crippen LogP contribution is 2.31. The molecule has 2 bridgehead atoms. The average molecular weight is 475 g/mol. The van der Waals surface area contributed by atoms with Gasteiger partial charge in [0.15, 0.2) is 0 Å². The lowest BCUT2D eigenvalue weighted by atomic mass is 9.79. The van der Waals surface area contributed by atoms with E-state index in [0.717, 1.165) is 61.5 Å². The van der Waals surface area contributed by atoms with Gasteiger partial charge in [0.05, 0.1) is 7.11 Å². The lowest BCUT2D eigenvalue weighted by molar-refractivity contribution is -0.121. The molecule has 2 unspecified atom stereocenters. The number of nitrogens with zero attached hydrogens (tertiary/aromatic N) is 1. The summed E-state index contributed by atoms with van der Waals surface area (Å²) in [5, 5.41) is 8.07. The molecule has 3 aromatic rings. The number of hydrogen-bond acceptors (Lipinski definition) is 4. The first-order valence-electron chi connectivity index (χ1n) is 13.1. The van der Waals surface area contributed by atoms with E-state index >= 15 is 0 Å². The molecular weight excluding hydrogens is 436 g/mol. The summed E-state index contributed by atoms with van der Waals surface area (Å²) in [6.07, 6.45) is 6.78. The Bertz CT molecular complexity index is 1110. The highest BCUT2D eigenvalue weighted by molar-refractivity contribution is 5.84. The molecule has 5 rings (SSSR count). The molecule has 1 aromatic heterocycles. The number of H-pyrrole nitrogens is 1. The Hall–Kier alpha value is -2.83. The van der Waals surface area contributed by atoms with Crippen molar-refractivity contribution in [3.05, 3.63) is 65.9 Å². The van der Waals surface area contributed by atoms with Gasteiger partial charge in [-0.15, -0.1) is 0 Å². The van der Waals surface area contributed by atoms with Crippen LogP contribution in [0.5, 0.6) is 5.75 Å². The van der Waals surface area contributed by atoms with E-state index in [0.29, 0.717) is 24.9 Å². The second-order valence-electron chi connectivity index (χ2n) is 10.3. The van der Waals surface area contributed by atoms with E-state index in [-0.39, 0.29) is 5.91 Å². The summed E-state index contributed by atoms with van der Waals surface area (Å²) in [6, 6.07) is 17.4. The van der Waals surface area contributed by atoms with Crippen LogP contribution in [0.4, 0.5) is 0 Å². The van der Waals surface area contributed by atoms with E-state index in [1.165, 1.54) is 24.1 Å². The first-order valence-corrected chi connectivity index (χ1v) is 13.1. The molecule has 2 aliphatic rings. The molecule has 6 nitrogen and oxygen atoms in total. The van der Waals surface area contributed by atoms with Gasteiger partial charge in [-0.3, -0.25) is 9.69 Å². The lowest BCUT2D eigenvalue weighted by Crippen LogP contribution is -2.55. The third-order valence-corrected chi connectivity index (χ3v) is 7.74. The minimum absolute atomic E-state index is 0.158. The Morgan fingerprint density at radius 3 is 2.91 bits per heavy atom. The number of amides is 1. The number of aromatic amines is 1. The molecule has 3 N–H and O–H groups in total. The van der Waals surface area contributed by atoms with Crippen molar-refractivity contribution in [3.8, 4) is 5.75 Å². The number of hydrogen-bond donors (Lipinski definition) is 3. The van der Waals surface area contributed by atoms with Gasteiger partial charge in [-0.05, 0) is 73.4 Å². The van der Waals surface area contributed by atoms with Gasteiger partial charge in [0.25, 0.3) is 0 Å². The molecule has 35 heavy (non-hydrogen) atoms. The number of carbonyl (C=O) groups is 1. The number of likely N-dealkylation sites (tertiary alicyclic amines) is 1. The number of methoxy groups -OCH3 is 1. The highest BCUT2D eigenvalue weighted by atomic mass is 16.5. The molecular formula is C29H38N4O2. The predicted molar refractivity (Wildman–Crippen MR) is 141 cm³/mol. The monoisotopic (exact) mass is 474 g/mol. The van der Waals surface area contributed by atoms with Crippen LogP contribution in [-0.2, 0) is 17.8 Å². The highest BCUT2D eigenvalue weighted by Gasteiger charge is 2.36. The van der Waals surface area contributed by atoms with Crippen LogP contribution in [0.3, 0.4) is 0 Å². The number of piperidine rings is 2. The predicted octanol–water partition coefficient (Wildman–Crippen LogP) is 4.12. The average Bonchev–Trinajstić information content (AvgIpc) is 3.28. The van der Waals surface area contributed by atoms with E-state index in [4.69, 9.17) is 4.74 Å². The minimum atomic E-state index is 0.158. The van der Waals surface area contributed by atoms with Crippen LogP contribution in [0.25, 0.3) is 10.9 Å². The van der Waals surface area contributed by atoms with Crippen molar-refractivity contribution < 1.29 is 9.53 Å². The SMILES string of the molecule is COc1ccc2[nH]cc(CCNC(=O)CCC[C@H]3NCC4CC3CN(Cc3ccccc3)C4)c2c1. The molecule has 186 valence electrons. The molecule has 3 heterocycles. The molecule has 0 radical (unpaired) electrons. The molecule has 2 aliphatic heterocycles. The zero-order valence-corrected chi connectivity index (χ0v) is 20.8. The maximum atomic E-state index is 12.5.